The first kappa shape index (κ1) is 11.7. The van der Waals surface area contributed by atoms with Crippen LogP contribution in [0.1, 0.15) is 30.1 Å². The highest BCUT2D eigenvalue weighted by molar-refractivity contribution is 5.96. The van der Waals surface area contributed by atoms with Crippen molar-refractivity contribution in [1.82, 2.24) is 4.90 Å². The highest BCUT2D eigenvalue weighted by atomic mass is 16.4. The Kier molecular flexibility index (Phi) is 3.17. The summed E-state index contributed by atoms with van der Waals surface area (Å²) >= 11 is 0. The van der Waals surface area contributed by atoms with E-state index in [0.29, 0.717) is 12.1 Å². The van der Waals surface area contributed by atoms with Crippen LogP contribution in [0.3, 0.4) is 0 Å². The first-order valence-corrected chi connectivity index (χ1v) is 5.67. The summed E-state index contributed by atoms with van der Waals surface area (Å²) in [4.78, 5) is 24.8. The van der Waals surface area contributed by atoms with Gasteiger partial charge in [0.25, 0.3) is 5.91 Å². The van der Waals surface area contributed by atoms with Crippen molar-refractivity contribution in [1.29, 1.82) is 0 Å². The molecule has 0 radical (unpaired) electrons. The molecule has 2 rings (SSSR count). The maximum Gasteiger partial charge on any atom is 0.326 e. The summed E-state index contributed by atoms with van der Waals surface area (Å²) in [7, 11) is 0. The molecule has 0 saturated carbocycles. The molecule has 2 heterocycles. The molecule has 17 heavy (non-hydrogen) atoms. The Balaban J connectivity index is 2.23. The molecule has 1 amide bonds. The van der Waals surface area contributed by atoms with Crippen LogP contribution < -0.4 is 0 Å². The number of furan rings is 1. The Labute approximate surface area is 99.0 Å². The van der Waals surface area contributed by atoms with Gasteiger partial charge in [0, 0.05) is 6.54 Å². The van der Waals surface area contributed by atoms with Gasteiger partial charge in [0.05, 0.1) is 11.8 Å². The molecule has 1 saturated heterocycles. The number of rotatable bonds is 2. The van der Waals surface area contributed by atoms with Gasteiger partial charge < -0.3 is 14.4 Å². The summed E-state index contributed by atoms with van der Waals surface area (Å²) < 4.78 is 4.85. The standard InChI is InChI=1S/C12H15NO4/c1-8-3-2-5-13(10(8)12(15)16)11(14)9-4-6-17-7-9/h4,6-8,10H,2-3,5H2,1H3,(H,15,16). The minimum atomic E-state index is -0.936. The van der Waals surface area contributed by atoms with Gasteiger partial charge in [-0.15, -0.1) is 0 Å². The SMILES string of the molecule is CC1CCCN(C(=O)c2ccoc2)C1C(=O)O. The normalized spacial score (nSPS) is 24.6. The Bertz CT molecular complexity index is 412. The van der Waals surface area contributed by atoms with Gasteiger partial charge in [-0.3, -0.25) is 4.79 Å². The smallest absolute Gasteiger partial charge is 0.326 e. The minimum Gasteiger partial charge on any atom is -0.480 e. The molecule has 5 heteroatoms. The number of amides is 1. The van der Waals surface area contributed by atoms with Crippen LogP contribution >= 0.6 is 0 Å². The molecule has 0 aliphatic carbocycles. The second-order valence-corrected chi connectivity index (χ2v) is 4.41. The van der Waals surface area contributed by atoms with Crippen LogP contribution in [0.2, 0.25) is 0 Å². The number of likely N-dealkylation sites (tertiary alicyclic amines) is 1. The second-order valence-electron chi connectivity index (χ2n) is 4.41. The van der Waals surface area contributed by atoms with Gasteiger partial charge in [-0.1, -0.05) is 6.92 Å². The number of carboxylic acid groups (broad SMARTS) is 1. The number of nitrogens with zero attached hydrogens (tertiary/aromatic N) is 1. The highest BCUT2D eigenvalue weighted by Crippen LogP contribution is 2.25. The van der Waals surface area contributed by atoms with E-state index in [1.54, 1.807) is 6.07 Å². The molecule has 5 nitrogen and oxygen atoms in total. The number of carboxylic acids is 1. The number of carbonyl (C=O) groups excluding carboxylic acids is 1. The summed E-state index contributed by atoms with van der Waals surface area (Å²) in [6.07, 6.45) is 4.44. The molecule has 1 aliphatic rings. The molecule has 92 valence electrons. The first-order chi connectivity index (χ1) is 8.11. The fourth-order valence-corrected chi connectivity index (χ4v) is 2.34. The lowest BCUT2D eigenvalue weighted by Crippen LogP contribution is -2.51. The van der Waals surface area contributed by atoms with Crippen LogP contribution in [-0.2, 0) is 4.79 Å². The minimum absolute atomic E-state index is 0.0166. The van der Waals surface area contributed by atoms with E-state index < -0.39 is 12.0 Å². The van der Waals surface area contributed by atoms with Crippen LogP contribution in [0.4, 0.5) is 0 Å². The summed E-state index contributed by atoms with van der Waals surface area (Å²) in [5, 5.41) is 9.21. The number of hydrogen-bond donors (Lipinski definition) is 1. The zero-order chi connectivity index (χ0) is 12.4. The number of aliphatic carboxylic acids is 1. The second kappa shape index (κ2) is 4.61. The number of piperidine rings is 1. The zero-order valence-electron chi connectivity index (χ0n) is 9.63. The lowest BCUT2D eigenvalue weighted by molar-refractivity contribution is -0.145. The monoisotopic (exact) mass is 237 g/mol. The van der Waals surface area contributed by atoms with Gasteiger partial charge in [-0.25, -0.2) is 4.79 Å². The van der Waals surface area contributed by atoms with Gasteiger partial charge in [-0.05, 0) is 24.8 Å². The average molecular weight is 237 g/mol. The molecule has 0 aromatic carbocycles. The largest absolute Gasteiger partial charge is 0.480 e. The van der Waals surface area contributed by atoms with Crippen LogP contribution in [0, 0.1) is 5.92 Å². The van der Waals surface area contributed by atoms with Crippen molar-refractivity contribution in [3.63, 3.8) is 0 Å². The van der Waals surface area contributed by atoms with E-state index in [2.05, 4.69) is 0 Å². The van der Waals surface area contributed by atoms with Crippen molar-refractivity contribution < 1.29 is 19.1 Å². The van der Waals surface area contributed by atoms with Crippen molar-refractivity contribution in [3.05, 3.63) is 24.2 Å². The summed E-state index contributed by atoms with van der Waals surface area (Å²) in [6.45, 7) is 2.36. The highest BCUT2D eigenvalue weighted by Gasteiger charge is 2.37. The van der Waals surface area contributed by atoms with E-state index in [-0.39, 0.29) is 11.8 Å². The van der Waals surface area contributed by atoms with Crippen LogP contribution in [0.25, 0.3) is 0 Å². The van der Waals surface area contributed by atoms with Gasteiger partial charge in [0.2, 0.25) is 0 Å². The third kappa shape index (κ3) is 2.18. The molecule has 1 aliphatic heterocycles. The van der Waals surface area contributed by atoms with E-state index in [9.17, 15) is 14.7 Å². The predicted octanol–water partition coefficient (Wildman–Crippen LogP) is 1.60. The average Bonchev–Trinajstić information content (AvgIpc) is 2.80. The van der Waals surface area contributed by atoms with Crippen molar-refractivity contribution in [2.75, 3.05) is 6.54 Å². The number of hydrogen-bond acceptors (Lipinski definition) is 3. The van der Waals surface area contributed by atoms with Crippen molar-refractivity contribution in [2.45, 2.75) is 25.8 Å². The molecule has 1 N–H and O–H groups in total. The molecule has 1 fully saturated rings. The third-order valence-corrected chi connectivity index (χ3v) is 3.22. The fraction of sp³-hybridized carbons (Fsp3) is 0.500. The van der Waals surface area contributed by atoms with Crippen molar-refractivity contribution >= 4 is 11.9 Å². The zero-order valence-corrected chi connectivity index (χ0v) is 9.63. The third-order valence-electron chi connectivity index (χ3n) is 3.22. The Hall–Kier alpha value is -1.78. The van der Waals surface area contributed by atoms with Gasteiger partial charge >= 0.3 is 5.97 Å². The van der Waals surface area contributed by atoms with Crippen LogP contribution in [0.15, 0.2) is 23.0 Å². The van der Waals surface area contributed by atoms with E-state index >= 15 is 0 Å². The van der Waals surface area contributed by atoms with E-state index in [4.69, 9.17) is 4.42 Å². The molecule has 2 atom stereocenters. The Morgan fingerprint density at radius 3 is 2.88 bits per heavy atom. The van der Waals surface area contributed by atoms with Gasteiger partial charge in [-0.2, -0.15) is 0 Å². The number of carbonyl (C=O) groups is 2. The Morgan fingerprint density at radius 1 is 1.53 bits per heavy atom. The van der Waals surface area contributed by atoms with E-state index in [1.807, 2.05) is 6.92 Å². The quantitative estimate of drug-likeness (QED) is 0.848. The van der Waals surface area contributed by atoms with Crippen molar-refractivity contribution in [2.24, 2.45) is 5.92 Å². The van der Waals surface area contributed by atoms with Crippen LogP contribution in [0.5, 0.6) is 0 Å². The fourth-order valence-electron chi connectivity index (χ4n) is 2.34. The molecule has 1 aromatic heterocycles. The van der Waals surface area contributed by atoms with Crippen LogP contribution in [-0.4, -0.2) is 34.5 Å². The topological polar surface area (TPSA) is 70.8 Å². The molecular formula is C12H15NO4. The molecule has 1 aromatic rings. The summed E-state index contributed by atoms with van der Waals surface area (Å²) in [5.74, 6) is -1.22. The van der Waals surface area contributed by atoms with Gasteiger partial charge in [0.1, 0.15) is 12.3 Å². The summed E-state index contributed by atoms with van der Waals surface area (Å²) in [5.41, 5.74) is 0.408. The molecule has 0 bridgehead atoms. The lowest BCUT2D eigenvalue weighted by Gasteiger charge is -2.37. The lowest BCUT2D eigenvalue weighted by atomic mass is 9.90. The Morgan fingerprint density at radius 2 is 2.29 bits per heavy atom. The maximum atomic E-state index is 12.1. The maximum absolute atomic E-state index is 12.1. The summed E-state index contributed by atoms with van der Waals surface area (Å²) in [6, 6.07) is 0.826. The predicted molar refractivity (Wildman–Crippen MR) is 59.6 cm³/mol. The molecule has 2 unspecified atom stereocenters. The molecular weight excluding hydrogens is 222 g/mol. The van der Waals surface area contributed by atoms with E-state index in [1.165, 1.54) is 17.4 Å². The van der Waals surface area contributed by atoms with Gasteiger partial charge in [0.15, 0.2) is 0 Å². The first-order valence-electron chi connectivity index (χ1n) is 5.67. The molecule has 0 spiro atoms. The van der Waals surface area contributed by atoms with E-state index in [0.717, 1.165) is 12.8 Å². The van der Waals surface area contributed by atoms with Crippen molar-refractivity contribution in [3.8, 4) is 0 Å².